The van der Waals surface area contributed by atoms with Crippen LogP contribution in [-0.4, -0.2) is 26.3 Å². The predicted molar refractivity (Wildman–Crippen MR) is 112 cm³/mol. The van der Waals surface area contributed by atoms with Crippen molar-refractivity contribution in [3.63, 3.8) is 0 Å². The van der Waals surface area contributed by atoms with Gasteiger partial charge < -0.3 is 4.74 Å². The summed E-state index contributed by atoms with van der Waals surface area (Å²) in [7, 11) is 0. The monoisotopic (exact) mass is 431 g/mol. The lowest BCUT2D eigenvalue weighted by Gasteiger charge is -2.14. The average molecular weight is 433 g/mol. The van der Waals surface area contributed by atoms with Crippen LogP contribution in [0.3, 0.4) is 0 Å². The number of halogens is 3. The summed E-state index contributed by atoms with van der Waals surface area (Å²) in [5.41, 5.74) is 2.68. The first kappa shape index (κ1) is 21.9. The quantitative estimate of drug-likeness (QED) is 0.584. The van der Waals surface area contributed by atoms with Crippen LogP contribution >= 0.6 is 34.8 Å². The van der Waals surface area contributed by atoms with Crippen molar-refractivity contribution in [3.05, 3.63) is 41.6 Å². The minimum Gasteiger partial charge on any atom is -0.445 e. The van der Waals surface area contributed by atoms with E-state index in [4.69, 9.17) is 39.5 Å². The van der Waals surface area contributed by atoms with Crippen LogP contribution in [0.5, 0.6) is 0 Å². The van der Waals surface area contributed by atoms with Gasteiger partial charge in [-0.05, 0) is 23.6 Å². The first-order chi connectivity index (χ1) is 12.4. The Bertz CT molecular complexity index is 788. The van der Waals surface area contributed by atoms with E-state index in [1.165, 1.54) is 5.56 Å². The summed E-state index contributed by atoms with van der Waals surface area (Å²) in [4.78, 5) is 12.1. The van der Waals surface area contributed by atoms with Crippen molar-refractivity contribution in [1.82, 2.24) is 9.78 Å². The number of alkyl halides is 3. The molecule has 0 aliphatic heterocycles. The molecule has 2 aromatic rings. The fraction of sp³-hybridized carbons (Fsp3) is 0.474. The van der Waals surface area contributed by atoms with Gasteiger partial charge in [-0.25, -0.2) is 9.48 Å². The number of benzene rings is 1. The lowest BCUT2D eigenvalue weighted by atomic mass is 9.92. The number of rotatable bonds is 4. The van der Waals surface area contributed by atoms with Crippen molar-refractivity contribution in [3.8, 4) is 5.69 Å². The molecule has 0 bridgehead atoms. The van der Waals surface area contributed by atoms with Crippen molar-refractivity contribution in [2.45, 2.75) is 49.7 Å². The molecule has 8 heteroatoms. The number of nitrogens with one attached hydrogen (secondary N) is 1. The number of anilines is 1. The molecule has 1 aromatic carbocycles. The summed E-state index contributed by atoms with van der Waals surface area (Å²) >= 11 is 16.9. The maximum absolute atomic E-state index is 12.1. The van der Waals surface area contributed by atoms with Crippen molar-refractivity contribution < 1.29 is 9.53 Å². The zero-order chi connectivity index (χ0) is 20.4. The predicted octanol–water partition coefficient (Wildman–Crippen LogP) is 6.21. The second-order valence-electron chi connectivity index (χ2n) is 7.64. The van der Waals surface area contributed by atoms with Crippen LogP contribution in [0, 0.1) is 0 Å². The SMILES string of the molecule is CC(C)c1ccc(-n2nc(C(C)(C)C)cc2NC(=O)OCC(Cl)(Cl)Cl)cc1. The van der Waals surface area contributed by atoms with Gasteiger partial charge in [0.25, 0.3) is 0 Å². The van der Waals surface area contributed by atoms with E-state index in [-0.39, 0.29) is 12.0 Å². The maximum atomic E-state index is 12.1. The van der Waals surface area contributed by atoms with Gasteiger partial charge in [-0.15, -0.1) is 0 Å². The van der Waals surface area contributed by atoms with Gasteiger partial charge in [-0.3, -0.25) is 5.32 Å². The van der Waals surface area contributed by atoms with E-state index in [0.717, 1.165) is 11.4 Å². The molecular formula is C19H24Cl3N3O2. The number of aromatic nitrogens is 2. The van der Waals surface area contributed by atoms with Crippen molar-refractivity contribution in [2.24, 2.45) is 0 Å². The van der Waals surface area contributed by atoms with E-state index in [1.807, 2.05) is 51.1 Å². The van der Waals surface area contributed by atoms with Crippen LogP contribution in [0.4, 0.5) is 10.6 Å². The number of ether oxygens (including phenoxy) is 1. The van der Waals surface area contributed by atoms with Gasteiger partial charge in [-0.1, -0.05) is 81.6 Å². The molecule has 2 rings (SSSR count). The Morgan fingerprint density at radius 2 is 1.78 bits per heavy atom. The number of amides is 1. The summed E-state index contributed by atoms with van der Waals surface area (Å²) in [6.45, 7) is 10.1. The summed E-state index contributed by atoms with van der Waals surface area (Å²) in [5.74, 6) is 0.905. The minimum atomic E-state index is -1.67. The summed E-state index contributed by atoms with van der Waals surface area (Å²) < 4.78 is 4.96. The Morgan fingerprint density at radius 3 is 2.26 bits per heavy atom. The van der Waals surface area contributed by atoms with Gasteiger partial charge in [0.15, 0.2) is 0 Å². The molecule has 1 amide bonds. The van der Waals surface area contributed by atoms with Crippen LogP contribution in [0.1, 0.15) is 51.8 Å². The lowest BCUT2D eigenvalue weighted by Crippen LogP contribution is -2.22. The Morgan fingerprint density at radius 1 is 1.19 bits per heavy atom. The molecule has 27 heavy (non-hydrogen) atoms. The first-order valence-corrected chi connectivity index (χ1v) is 9.71. The number of hydrogen-bond donors (Lipinski definition) is 1. The highest BCUT2D eigenvalue weighted by Gasteiger charge is 2.24. The van der Waals surface area contributed by atoms with Crippen LogP contribution in [0.2, 0.25) is 0 Å². The summed E-state index contributed by atoms with van der Waals surface area (Å²) in [6.07, 6.45) is -0.721. The third kappa shape index (κ3) is 6.30. The molecule has 0 aliphatic carbocycles. The summed E-state index contributed by atoms with van der Waals surface area (Å²) in [6, 6.07) is 9.83. The second kappa shape index (κ2) is 8.29. The smallest absolute Gasteiger partial charge is 0.412 e. The highest BCUT2D eigenvalue weighted by atomic mass is 35.6. The molecule has 1 N–H and O–H groups in total. The number of hydrogen-bond acceptors (Lipinski definition) is 3. The van der Waals surface area contributed by atoms with Gasteiger partial charge in [0.2, 0.25) is 3.79 Å². The minimum absolute atomic E-state index is 0.193. The van der Waals surface area contributed by atoms with Crippen molar-refractivity contribution in [1.29, 1.82) is 0 Å². The van der Waals surface area contributed by atoms with Crippen LogP contribution in [-0.2, 0) is 10.2 Å². The van der Waals surface area contributed by atoms with Crippen molar-refractivity contribution in [2.75, 3.05) is 11.9 Å². The van der Waals surface area contributed by atoms with Gasteiger partial charge in [0.1, 0.15) is 12.4 Å². The number of carbonyl (C=O) groups excluding carboxylic acids is 1. The fourth-order valence-electron chi connectivity index (χ4n) is 2.32. The van der Waals surface area contributed by atoms with E-state index >= 15 is 0 Å². The molecule has 0 unspecified atom stereocenters. The maximum Gasteiger partial charge on any atom is 0.412 e. The molecule has 0 atom stereocenters. The molecule has 148 valence electrons. The third-order valence-corrected chi connectivity index (χ3v) is 4.21. The first-order valence-electron chi connectivity index (χ1n) is 8.58. The molecule has 5 nitrogen and oxygen atoms in total. The average Bonchev–Trinajstić information content (AvgIpc) is 2.96. The van der Waals surface area contributed by atoms with E-state index in [9.17, 15) is 4.79 Å². The molecule has 0 spiro atoms. The Hall–Kier alpha value is -1.43. The van der Waals surface area contributed by atoms with Crippen LogP contribution in [0.15, 0.2) is 30.3 Å². The van der Waals surface area contributed by atoms with Crippen molar-refractivity contribution >= 4 is 46.7 Å². The normalized spacial score (nSPS) is 12.3. The second-order valence-corrected chi connectivity index (χ2v) is 10.2. The molecule has 0 saturated carbocycles. The molecular weight excluding hydrogens is 409 g/mol. The standard InChI is InChI=1S/C19H24Cl3N3O2/c1-12(2)13-6-8-14(9-7-13)25-16(10-15(24-25)18(3,4)5)23-17(26)27-11-19(20,21)22/h6-10,12H,11H2,1-5H3,(H,23,26). The molecule has 0 saturated heterocycles. The van der Waals surface area contributed by atoms with Crippen LogP contribution < -0.4 is 5.32 Å². The van der Waals surface area contributed by atoms with E-state index in [2.05, 4.69) is 24.3 Å². The van der Waals surface area contributed by atoms with Gasteiger partial charge in [-0.2, -0.15) is 5.10 Å². The fourth-order valence-corrected chi connectivity index (χ4v) is 2.49. The highest BCUT2D eigenvalue weighted by Crippen LogP contribution is 2.28. The number of carbonyl (C=O) groups is 1. The van der Waals surface area contributed by atoms with Gasteiger partial charge in [0.05, 0.1) is 11.4 Å². The zero-order valence-electron chi connectivity index (χ0n) is 16.0. The summed E-state index contributed by atoms with van der Waals surface area (Å²) in [5, 5.41) is 7.33. The largest absolute Gasteiger partial charge is 0.445 e. The lowest BCUT2D eigenvalue weighted by molar-refractivity contribution is 0.163. The van der Waals surface area contributed by atoms with Crippen LogP contribution in [0.25, 0.3) is 5.69 Å². The Labute approximate surface area is 174 Å². The Kier molecular flexibility index (Phi) is 6.72. The van der Waals surface area contributed by atoms with E-state index < -0.39 is 9.89 Å². The van der Waals surface area contributed by atoms with Gasteiger partial charge >= 0.3 is 6.09 Å². The molecule has 0 radical (unpaired) electrons. The molecule has 0 aliphatic rings. The molecule has 0 fully saturated rings. The zero-order valence-corrected chi connectivity index (χ0v) is 18.3. The molecule has 1 aromatic heterocycles. The van der Waals surface area contributed by atoms with Gasteiger partial charge in [0, 0.05) is 11.5 Å². The topological polar surface area (TPSA) is 56.2 Å². The van der Waals surface area contributed by atoms with E-state index in [1.54, 1.807) is 4.68 Å². The number of nitrogens with zero attached hydrogens (tertiary/aromatic N) is 2. The molecule has 1 heterocycles. The Balaban J connectivity index is 2.32. The third-order valence-electron chi connectivity index (χ3n) is 3.88. The van der Waals surface area contributed by atoms with E-state index in [0.29, 0.717) is 11.7 Å². The highest BCUT2D eigenvalue weighted by molar-refractivity contribution is 6.67.